The zero-order chi connectivity index (χ0) is 26.9. The summed E-state index contributed by atoms with van der Waals surface area (Å²) in [6.45, 7) is 1.90. The van der Waals surface area contributed by atoms with Gasteiger partial charge in [-0.1, -0.05) is 35.9 Å². The van der Waals surface area contributed by atoms with Crippen LogP contribution in [-0.4, -0.2) is 49.5 Å². The van der Waals surface area contributed by atoms with Gasteiger partial charge in [-0.2, -0.15) is 0 Å². The van der Waals surface area contributed by atoms with E-state index >= 15 is 0 Å². The molecule has 2 aromatic heterocycles. The van der Waals surface area contributed by atoms with E-state index in [-0.39, 0.29) is 22.9 Å². The second-order valence-corrected chi connectivity index (χ2v) is 12.0. The third-order valence-corrected chi connectivity index (χ3v) is 8.77. The third-order valence-electron chi connectivity index (χ3n) is 7.12. The van der Waals surface area contributed by atoms with E-state index < -0.39 is 10.0 Å². The van der Waals surface area contributed by atoms with Crippen molar-refractivity contribution in [1.29, 1.82) is 0 Å². The van der Waals surface area contributed by atoms with E-state index in [0.29, 0.717) is 5.56 Å². The van der Waals surface area contributed by atoms with Crippen molar-refractivity contribution in [2.24, 2.45) is 0 Å². The van der Waals surface area contributed by atoms with Gasteiger partial charge in [0.1, 0.15) is 5.82 Å². The highest BCUT2D eigenvalue weighted by Gasteiger charge is 2.25. The van der Waals surface area contributed by atoms with Crippen LogP contribution in [0.3, 0.4) is 0 Å². The smallest absolute Gasteiger partial charge is 0.267 e. The molecule has 1 saturated carbocycles. The number of rotatable bonds is 7. The van der Waals surface area contributed by atoms with Crippen LogP contribution >= 0.6 is 0 Å². The van der Waals surface area contributed by atoms with Crippen molar-refractivity contribution in [3.63, 3.8) is 0 Å². The fraction of sp³-hybridized carbons (Fsp3) is 0.310. The Bertz CT molecular complexity index is 1550. The predicted molar refractivity (Wildman–Crippen MR) is 151 cm³/mol. The number of hydrogen-bond donors (Lipinski definition) is 2. The maximum Gasteiger partial charge on any atom is 0.267 e. The van der Waals surface area contributed by atoms with Gasteiger partial charge in [-0.3, -0.25) is 4.79 Å². The number of anilines is 2. The summed E-state index contributed by atoms with van der Waals surface area (Å²) in [5.41, 5.74) is 3.39. The molecular formula is C29H33N5O3S. The van der Waals surface area contributed by atoms with Crippen LogP contribution < -0.4 is 15.5 Å². The van der Waals surface area contributed by atoms with Crippen molar-refractivity contribution in [2.45, 2.75) is 49.6 Å². The van der Waals surface area contributed by atoms with Crippen LogP contribution in [0, 0.1) is 6.92 Å². The van der Waals surface area contributed by atoms with E-state index in [9.17, 15) is 13.2 Å². The molecule has 0 atom stereocenters. The second-order valence-electron chi connectivity index (χ2n) is 10.2. The second kappa shape index (κ2) is 10.5. The molecule has 9 heteroatoms. The molecule has 0 spiro atoms. The van der Waals surface area contributed by atoms with Crippen LogP contribution in [0.5, 0.6) is 0 Å². The first kappa shape index (κ1) is 25.8. The summed E-state index contributed by atoms with van der Waals surface area (Å²) < 4.78 is 26.9. The van der Waals surface area contributed by atoms with E-state index in [4.69, 9.17) is 4.98 Å². The minimum absolute atomic E-state index is 0.0412. The summed E-state index contributed by atoms with van der Waals surface area (Å²) in [4.78, 5) is 20.0. The Kier molecular flexibility index (Phi) is 7.12. The van der Waals surface area contributed by atoms with Crippen LogP contribution in [0.4, 0.5) is 11.5 Å². The molecule has 198 valence electrons. The summed E-state index contributed by atoms with van der Waals surface area (Å²) in [6.07, 6.45) is 6.27. The Morgan fingerprint density at radius 1 is 0.974 bits per heavy atom. The summed E-state index contributed by atoms with van der Waals surface area (Å²) in [7, 11) is 0.325. The standard InChI is InChI=1S/C29H33N5O3S/c1-20-8-14-24(15-9-20)38(36,37)34-17-16-21(19-34)29(35)31-23-12-10-22(11-13-23)30-28-18-27(33(2)3)25-6-4-5-7-26(25)32-28/h4-9,14-19,22-23H,10-13H2,1-3H3,(H,30,32)(H,31,35)/t22-,23+. The molecule has 8 nitrogen and oxygen atoms in total. The first-order valence-corrected chi connectivity index (χ1v) is 14.3. The van der Waals surface area contributed by atoms with Crippen LogP contribution in [-0.2, 0) is 10.0 Å². The SMILES string of the molecule is Cc1ccc(S(=O)(=O)n2ccc(C(=O)N[C@H]3CC[C@@H](Nc4cc(N(C)C)c5ccccc5n4)CC3)c2)cc1. The zero-order valence-corrected chi connectivity index (χ0v) is 22.7. The molecule has 1 fully saturated rings. The van der Waals surface area contributed by atoms with Gasteiger partial charge in [-0.15, -0.1) is 0 Å². The molecule has 0 saturated heterocycles. The van der Waals surface area contributed by atoms with E-state index in [1.165, 1.54) is 12.4 Å². The van der Waals surface area contributed by atoms with Crippen LogP contribution in [0.15, 0.2) is 78.0 Å². The molecule has 0 bridgehead atoms. The minimum Gasteiger partial charge on any atom is -0.377 e. The van der Waals surface area contributed by atoms with Gasteiger partial charge in [-0.25, -0.2) is 17.4 Å². The monoisotopic (exact) mass is 531 g/mol. The predicted octanol–water partition coefficient (Wildman–Crippen LogP) is 4.80. The number of aryl methyl sites for hydroxylation is 1. The molecule has 38 heavy (non-hydrogen) atoms. The van der Waals surface area contributed by atoms with Crippen molar-refractivity contribution in [1.82, 2.24) is 14.3 Å². The van der Waals surface area contributed by atoms with E-state index in [2.05, 4.69) is 27.7 Å². The van der Waals surface area contributed by atoms with Gasteiger partial charge in [0.25, 0.3) is 15.9 Å². The van der Waals surface area contributed by atoms with Crippen molar-refractivity contribution < 1.29 is 13.2 Å². The number of nitrogens with one attached hydrogen (secondary N) is 2. The zero-order valence-electron chi connectivity index (χ0n) is 21.9. The highest BCUT2D eigenvalue weighted by molar-refractivity contribution is 7.90. The topological polar surface area (TPSA) is 96.3 Å². The van der Waals surface area contributed by atoms with Gasteiger partial charge in [0.05, 0.1) is 16.0 Å². The molecule has 1 aliphatic rings. The summed E-state index contributed by atoms with van der Waals surface area (Å²) in [5, 5.41) is 7.80. The number of amides is 1. The lowest BCUT2D eigenvalue weighted by Gasteiger charge is -2.30. The number of fused-ring (bicyclic) bond motifs is 1. The van der Waals surface area contributed by atoms with Crippen molar-refractivity contribution in [3.8, 4) is 0 Å². The molecule has 0 aliphatic heterocycles. The average Bonchev–Trinajstić information content (AvgIpc) is 3.41. The molecule has 0 radical (unpaired) electrons. The molecule has 2 heterocycles. The Hall–Kier alpha value is -3.85. The minimum atomic E-state index is -3.74. The molecular weight excluding hydrogens is 498 g/mol. The molecule has 2 aromatic carbocycles. The maximum atomic E-state index is 12.9. The number of carbonyl (C=O) groups excluding carboxylic acids is 1. The lowest BCUT2D eigenvalue weighted by Crippen LogP contribution is -2.40. The molecule has 2 N–H and O–H groups in total. The van der Waals surface area contributed by atoms with Crippen LogP contribution in [0.1, 0.15) is 41.6 Å². The lowest BCUT2D eigenvalue weighted by molar-refractivity contribution is 0.0926. The summed E-state index contributed by atoms with van der Waals surface area (Å²) in [6, 6.07) is 18.7. The molecule has 5 rings (SSSR count). The molecule has 4 aromatic rings. The first-order chi connectivity index (χ1) is 18.2. The summed E-state index contributed by atoms with van der Waals surface area (Å²) >= 11 is 0. The van der Waals surface area contributed by atoms with Crippen molar-refractivity contribution >= 4 is 38.3 Å². The number of nitrogens with zero attached hydrogens (tertiary/aromatic N) is 3. The van der Waals surface area contributed by atoms with Crippen LogP contribution in [0.2, 0.25) is 0 Å². The fourth-order valence-corrected chi connectivity index (χ4v) is 6.15. The summed E-state index contributed by atoms with van der Waals surface area (Å²) in [5.74, 6) is 0.599. The quantitative estimate of drug-likeness (QED) is 0.356. The van der Waals surface area contributed by atoms with E-state index in [1.807, 2.05) is 39.2 Å². The molecule has 1 aliphatic carbocycles. The lowest BCUT2D eigenvalue weighted by atomic mass is 9.91. The van der Waals surface area contributed by atoms with E-state index in [0.717, 1.165) is 57.6 Å². The Morgan fingerprint density at radius 2 is 1.66 bits per heavy atom. The number of pyridine rings is 1. The van der Waals surface area contributed by atoms with Gasteiger partial charge in [0, 0.05) is 55.7 Å². The molecule has 0 unspecified atom stereocenters. The van der Waals surface area contributed by atoms with Gasteiger partial charge >= 0.3 is 0 Å². The number of benzene rings is 2. The number of carbonyl (C=O) groups is 1. The number of aromatic nitrogens is 2. The highest BCUT2D eigenvalue weighted by atomic mass is 32.2. The molecule has 1 amide bonds. The first-order valence-electron chi connectivity index (χ1n) is 12.9. The van der Waals surface area contributed by atoms with Gasteiger partial charge < -0.3 is 15.5 Å². The number of para-hydroxylation sites is 1. The average molecular weight is 532 g/mol. The largest absolute Gasteiger partial charge is 0.377 e. The normalized spacial score (nSPS) is 17.8. The Balaban J connectivity index is 1.19. The van der Waals surface area contributed by atoms with Crippen LogP contribution in [0.25, 0.3) is 10.9 Å². The third kappa shape index (κ3) is 5.38. The highest BCUT2D eigenvalue weighted by Crippen LogP contribution is 2.29. The Morgan fingerprint density at radius 3 is 2.37 bits per heavy atom. The van der Waals surface area contributed by atoms with Gasteiger partial charge in [0.2, 0.25) is 0 Å². The van der Waals surface area contributed by atoms with Crippen molar-refractivity contribution in [2.75, 3.05) is 24.3 Å². The van der Waals surface area contributed by atoms with Gasteiger partial charge in [0.15, 0.2) is 0 Å². The Labute approximate surface area is 223 Å². The fourth-order valence-electron chi connectivity index (χ4n) is 4.95. The van der Waals surface area contributed by atoms with Crippen molar-refractivity contribution in [3.05, 3.63) is 84.2 Å². The number of hydrogen-bond acceptors (Lipinski definition) is 6. The van der Waals surface area contributed by atoms with E-state index in [1.54, 1.807) is 30.3 Å². The van der Waals surface area contributed by atoms with Gasteiger partial charge in [-0.05, 0) is 56.9 Å². The maximum absolute atomic E-state index is 12.9.